The van der Waals surface area contributed by atoms with Gasteiger partial charge in [0, 0.05) is 11.8 Å². The first-order chi connectivity index (χ1) is 12.3. The molecule has 0 radical (unpaired) electrons. The van der Waals surface area contributed by atoms with Gasteiger partial charge in [-0.25, -0.2) is 14.8 Å². The Bertz CT molecular complexity index is 803. The lowest BCUT2D eigenvalue weighted by molar-refractivity contribution is 0.195. The quantitative estimate of drug-likeness (QED) is 0.802. The largest absolute Gasteiger partial charge is 0.327 e. The lowest BCUT2D eigenvalue weighted by Crippen LogP contribution is -2.39. The number of aromatic nitrogens is 2. The minimum atomic E-state index is -0.190. The topological polar surface area (TPSA) is 58.1 Å². The van der Waals surface area contributed by atoms with Gasteiger partial charge in [-0.05, 0) is 11.1 Å². The van der Waals surface area contributed by atoms with Crippen molar-refractivity contribution in [2.45, 2.75) is 19.1 Å². The molecule has 1 aromatic heterocycles. The molecule has 0 unspecified atom stereocenters. The summed E-state index contributed by atoms with van der Waals surface area (Å²) in [5.41, 5.74) is 4.03. The number of urea groups is 1. The zero-order valence-corrected chi connectivity index (χ0v) is 13.7. The first-order valence-corrected chi connectivity index (χ1v) is 8.24. The van der Waals surface area contributed by atoms with E-state index in [0.29, 0.717) is 13.1 Å². The summed E-state index contributed by atoms with van der Waals surface area (Å²) < 4.78 is 0. The van der Waals surface area contributed by atoms with Crippen LogP contribution >= 0.6 is 0 Å². The Kier molecular flexibility index (Phi) is 4.12. The third kappa shape index (κ3) is 3.21. The van der Waals surface area contributed by atoms with Crippen LogP contribution in [0, 0.1) is 0 Å². The summed E-state index contributed by atoms with van der Waals surface area (Å²) in [6.45, 7) is 1.05. The fraction of sp³-hybridized carbons (Fsp3) is 0.150. The number of rotatable bonds is 3. The van der Waals surface area contributed by atoms with Crippen LogP contribution in [0.4, 0.5) is 4.79 Å². The van der Waals surface area contributed by atoms with E-state index in [0.717, 1.165) is 22.4 Å². The highest BCUT2D eigenvalue weighted by molar-refractivity contribution is 5.76. The van der Waals surface area contributed by atoms with Gasteiger partial charge in [0.25, 0.3) is 0 Å². The monoisotopic (exact) mass is 330 g/mol. The van der Waals surface area contributed by atoms with Crippen molar-refractivity contribution in [2.24, 2.45) is 0 Å². The summed E-state index contributed by atoms with van der Waals surface area (Å²) in [5.74, 6) is 0. The Hall–Kier alpha value is -3.21. The summed E-state index contributed by atoms with van der Waals surface area (Å²) in [6, 6.07) is 19.7. The predicted molar refractivity (Wildman–Crippen MR) is 94.5 cm³/mol. The van der Waals surface area contributed by atoms with E-state index in [-0.39, 0.29) is 12.1 Å². The van der Waals surface area contributed by atoms with E-state index in [4.69, 9.17) is 0 Å². The first kappa shape index (κ1) is 15.3. The number of carbonyl (C=O) groups is 1. The van der Waals surface area contributed by atoms with Crippen LogP contribution in [0.1, 0.15) is 28.4 Å². The Morgan fingerprint density at radius 3 is 2.20 bits per heavy atom. The fourth-order valence-corrected chi connectivity index (χ4v) is 3.11. The predicted octanol–water partition coefficient (Wildman–Crippen LogP) is 3.29. The molecule has 1 aliphatic rings. The van der Waals surface area contributed by atoms with Gasteiger partial charge in [-0.3, -0.25) is 0 Å². The Morgan fingerprint density at radius 1 is 0.960 bits per heavy atom. The average Bonchev–Trinajstić information content (AvgIpc) is 3.12. The number of amides is 2. The van der Waals surface area contributed by atoms with Crippen molar-refractivity contribution in [3.8, 4) is 0 Å². The summed E-state index contributed by atoms with van der Waals surface area (Å²) in [6.07, 6.45) is 3.30. The summed E-state index contributed by atoms with van der Waals surface area (Å²) in [7, 11) is 0. The Labute approximate surface area is 146 Å². The highest BCUT2D eigenvalue weighted by atomic mass is 16.2. The SMILES string of the molecule is O=C(NC(c1ccccc1)c1ccccc1)N1Cc2cncnc2C1. The van der Waals surface area contributed by atoms with Gasteiger partial charge in [-0.1, -0.05) is 60.7 Å². The molecule has 124 valence electrons. The Morgan fingerprint density at radius 2 is 1.60 bits per heavy atom. The van der Waals surface area contributed by atoms with Crippen LogP contribution in [0.25, 0.3) is 0 Å². The molecule has 4 rings (SSSR count). The van der Waals surface area contributed by atoms with E-state index >= 15 is 0 Å². The minimum absolute atomic E-state index is 0.101. The highest BCUT2D eigenvalue weighted by Gasteiger charge is 2.26. The maximum atomic E-state index is 12.8. The maximum Gasteiger partial charge on any atom is 0.318 e. The normalized spacial score (nSPS) is 12.9. The number of fused-ring (bicyclic) bond motifs is 1. The van der Waals surface area contributed by atoms with Crippen molar-refractivity contribution < 1.29 is 4.79 Å². The van der Waals surface area contributed by atoms with Gasteiger partial charge in [0.15, 0.2) is 0 Å². The zero-order valence-electron chi connectivity index (χ0n) is 13.7. The molecular weight excluding hydrogens is 312 g/mol. The van der Waals surface area contributed by atoms with E-state index in [1.165, 1.54) is 6.33 Å². The van der Waals surface area contributed by atoms with Crippen molar-refractivity contribution in [3.05, 3.63) is 95.6 Å². The summed E-state index contributed by atoms with van der Waals surface area (Å²) >= 11 is 0. The van der Waals surface area contributed by atoms with Crippen molar-refractivity contribution in [1.82, 2.24) is 20.2 Å². The van der Waals surface area contributed by atoms with Gasteiger partial charge in [0.2, 0.25) is 0 Å². The molecule has 0 bridgehead atoms. The molecule has 0 spiro atoms. The van der Waals surface area contributed by atoms with Gasteiger partial charge in [-0.15, -0.1) is 0 Å². The molecule has 0 fully saturated rings. The van der Waals surface area contributed by atoms with Crippen LogP contribution in [0.2, 0.25) is 0 Å². The third-order valence-corrected chi connectivity index (χ3v) is 4.40. The fourth-order valence-electron chi connectivity index (χ4n) is 3.11. The minimum Gasteiger partial charge on any atom is -0.327 e. The average molecular weight is 330 g/mol. The van der Waals surface area contributed by atoms with Crippen molar-refractivity contribution in [1.29, 1.82) is 0 Å². The summed E-state index contributed by atoms with van der Waals surface area (Å²) in [4.78, 5) is 22.9. The van der Waals surface area contributed by atoms with E-state index in [9.17, 15) is 4.79 Å². The van der Waals surface area contributed by atoms with Crippen LogP contribution in [-0.2, 0) is 13.1 Å². The van der Waals surface area contributed by atoms with Crippen LogP contribution in [0.3, 0.4) is 0 Å². The smallest absolute Gasteiger partial charge is 0.318 e. The number of nitrogens with zero attached hydrogens (tertiary/aromatic N) is 3. The van der Waals surface area contributed by atoms with Crippen LogP contribution in [0.5, 0.6) is 0 Å². The van der Waals surface area contributed by atoms with Gasteiger partial charge in [0.05, 0.1) is 24.8 Å². The van der Waals surface area contributed by atoms with E-state index < -0.39 is 0 Å². The second kappa shape index (κ2) is 6.73. The molecule has 2 amide bonds. The van der Waals surface area contributed by atoms with E-state index in [1.54, 1.807) is 11.1 Å². The lowest BCUT2D eigenvalue weighted by Gasteiger charge is -2.24. The number of hydrogen-bond donors (Lipinski definition) is 1. The van der Waals surface area contributed by atoms with Gasteiger partial charge >= 0.3 is 6.03 Å². The molecule has 1 aliphatic heterocycles. The van der Waals surface area contributed by atoms with Crippen LogP contribution < -0.4 is 5.32 Å². The molecule has 0 saturated carbocycles. The van der Waals surface area contributed by atoms with Crippen molar-refractivity contribution >= 4 is 6.03 Å². The highest BCUT2D eigenvalue weighted by Crippen LogP contribution is 2.24. The number of benzene rings is 2. The third-order valence-electron chi connectivity index (χ3n) is 4.40. The van der Waals surface area contributed by atoms with Crippen molar-refractivity contribution in [3.63, 3.8) is 0 Å². The molecule has 5 nitrogen and oxygen atoms in total. The molecule has 1 N–H and O–H groups in total. The molecule has 0 aliphatic carbocycles. The van der Waals surface area contributed by atoms with Gasteiger partial charge < -0.3 is 10.2 Å². The zero-order chi connectivity index (χ0) is 17.1. The van der Waals surface area contributed by atoms with Crippen LogP contribution in [0.15, 0.2) is 73.2 Å². The van der Waals surface area contributed by atoms with Crippen molar-refractivity contribution in [2.75, 3.05) is 0 Å². The van der Waals surface area contributed by atoms with Gasteiger partial charge in [0.1, 0.15) is 6.33 Å². The molecule has 5 heteroatoms. The second-order valence-corrected chi connectivity index (χ2v) is 6.05. The number of nitrogens with one attached hydrogen (secondary N) is 1. The molecule has 2 heterocycles. The maximum absolute atomic E-state index is 12.8. The first-order valence-electron chi connectivity index (χ1n) is 8.24. The molecular formula is C20H18N4O. The second-order valence-electron chi connectivity index (χ2n) is 6.05. The summed E-state index contributed by atoms with van der Waals surface area (Å²) in [5, 5.41) is 3.17. The molecule has 0 saturated heterocycles. The standard InChI is InChI=1S/C20H18N4O/c25-20(24-12-17-11-21-14-22-18(17)13-24)23-19(15-7-3-1-4-8-15)16-9-5-2-6-10-16/h1-11,14,19H,12-13H2,(H,23,25). The molecule has 0 atom stereocenters. The molecule has 25 heavy (non-hydrogen) atoms. The lowest BCUT2D eigenvalue weighted by atomic mass is 9.99. The van der Waals surface area contributed by atoms with E-state index in [1.807, 2.05) is 60.7 Å². The van der Waals surface area contributed by atoms with Crippen LogP contribution in [-0.4, -0.2) is 20.9 Å². The number of carbonyl (C=O) groups excluding carboxylic acids is 1. The van der Waals surface area contributed by atoms with Gasteiger partial charge in [-0.2, -0.15) is 0 Å². The van der Waals surface area contributed by atoms with E-state index in [2.05, 4.69) is 15.3 Å². The molecule has 3 aromatic rings. The number of hydrogen-bond acceptors (Lipinski definition) is 3. The molecule has 2 aromatic carbocycles. The Balaban J connectivity index is 1.56.